The summed E-state index contributed by atoms with van der Waals surface area (Å²) in [6, 6.07) is 28.1. The first-order chi connectivity index (χ1) is 17.1. The van der Waals surface area contributed by atoms with Crippen LogP contribution < -0.4 is 5.32 Å². The summed E-state index contributed by atoms with van der Waals surface area (Å²) in [6.45, 7) is 0.516. The lowest BCUT2D eigenvalue weighted by Gasteiger charge is -2.41. The molecule has 1 aromatic heterocycles. The Kier molecular flexibility index (Phi) is 6.77. The number of anilines is 1. The molecular formula is C28H27N3O3S. The number of nitrogens with zero attached hydrogens (tertiary/aromatic N) is 2. The summed E-state index contributed by atoms with van der Waals surface area (Å²) < 4.78 is 1.01. The zero-order valence-electron chi connectivity index (χ0n) is 19.2. The third-order valence-corrected chi connectivity index (χ3v) is 7.69. The zero-order chi connectivity index (χ0) is 24.2. The van der Waals surface area contributed by atoms with Crippen molar-refractivity contribution in [3.63, 3.8) is 0 Å². The lowest BCUT2D eigenvalue weighted by atomic mass is 9.79. The van der Waals surface area contributed by atoms with Crippen LogP contribution in [0.15, 0.2) is 84.9 Å². The largest absolute Gasteiger partial charge is 0.481 e. The minimum absolute atomic E-state index is 0.0994. The summed E-state index contributed by atoms with van der Waals surface area (Å²) in [4.78, 5) is 31.2. The molecule has 2 amide bonds. The van der Waals surface area contributed by atoms with Crippen LogP contribution in [0.4, 0.5) is 9.93 Å². The Labute approximate surface area is 208 Å². The first kappa shape index (κ1) is 23.1. The van der Waals surface area contributed by atoms with Gasteiger partial charge >= 0.3 is 12.0 Å². The van der Waals surface area contributed by atoms with Gasteiger partial charge in [-0.25, -0.2) is 9.78 Å². The second kappa shape index (κ2) is 10.3. The van der Waals surface area contributed by atoms with Crippen LogP contribution in [-0.4, -0.2) is 39.6 Å². The third-order valence-electron chi connectivity index (χ3n) is 6.73. The maximum atomic E-state index is 13.4. The number of benzene rings is 3. The molecular weight excluding hydrogens is 458 g/mol. The fourth-order valence-corrected chi connectivity index (χ4v) is 5.60. The van der Waals surface area contributed by atoms with Crippen LogP contribution in [0.5, 0.6) is 0 Å². The molecule has 35 heavy (non-hydrogen) atoms. The number of hydrogen-bond acceptors (Lipinski definition) is 4. The average molecular weight is 486 g/mol. The molecule has 0 unspecified atom stereocenters. The summed E-state index contributed by atoms with van der Waals surface area (Å²) in [6.07, 6.45) is 1.68. The Morgan fingerprint density at radius 1 is 0.943 bits per heavy atom. The van der Waals surface area contributed by atoms with Crippen molar-refractivity contribution < 1.29 is 14.7 Å². The number of carboxylic acid groups (broad SMARTS) is 1. The van der Waals surface area contributed by atoms with Crippen molar-refractivity contribution in [3.05, 3.63) is 96.1 Å². The zero-order valence-corrected chi connectivity index (χ0v) is 20.0. The molecule has 0 atom stereocenters. The van der Waals surface area contributed by atoms with E-state index in [1.54, 1.807) is 0 Å². The van der Waals surface area contributed by atoms with Gasteiger partial charge < -0.3 is 10.0 Å². The van der Waals surface area contributed by atoms with Gasteiger partial charge in [0.25, 0.3) is 0 Å². The van der Waals surface area contributed by atoms with Gasteiger partial charge in [0.15, 0.2) is 5.13 Å². The number of rotatable bonds is 8. The molecule has 7 heteroatoms. The normalized spacial score (nSPS) is 17.2. The second-order valence-corrected chi connectivity index (χ2v) is 9.96. The van der Waals surface area contributed by atoms with E-state index in [1.807, 2.05) is 65.6 Å². The monoisotopic (exact) mass is 485 g/mol. The van der Waals surface area contributed by atoms with Crippen molar-refractivity contribution in [1.29, 1.82) is 0 Å². The van der Waals surface area contributed by atoms with E-state index in [2.05, 4.69) is 34.6 Å². The number of amides is 2. The van der Waals surface area contributed by atoms with E-state index in [-0.39, 0.29) is 18.0 Å². The minimum atomic E-state index is -0.792. The van der Waals surface area contributed by atoms with E-state index < -0.39 is 11.9 Å². The molecule has 0 bridgehead atoms. The van der Waals surface area contributed by atoms with Crippen LogP contribution in [0.25, 0.3) is 10.2 Å². The Balaban J connectivity index is 1.36. The van der Waals surface area contributed by atoms with Gasteiger partial charge in [0.2, 0.25) is 0 Å². The van der Waals surface area contributed by atoms with Crippen molar-refractivity contribution in [2.24, 2.45) is 5.92 Å². The van der Waals surface area contributed by atoms with E-state index in [9.17, 15) is 14.7 Å². The predicted octanol–water partition coefficient (Wildman–Crippen LogP) is 6.22. The third kappa shape index (κ3) is 5.20. The first-order valence-electron chi connectivity index (χ1n) is 11.8. The molecule has 0 spiro atoms. The molecule has 1 fully saturated rings. The number of carbonyl (C=O) groups excluding carboxylic acids is 1. The SMILES string of the molecule is O=C(Nc1nc2ccccc2s1)N(CCC(c1ccccc1)c1ccccc1)[C@H]1C[C@H](C(=O)O)C1. The molecule has 2 N–H and O–H groups in total. The topological polar surface area (TPSA) is 82.5 Å². The molecule has 4 aromatic rings. The number of thiazole rings is 1. The van der Waals surface area contributed by atoms with Gasteiger partial charge in [0, 0.05) is 18.5 Å². The lowest BCUT2D eigenvalue weighted by Crippen LogP contribution is -2.51. The van der Waals surface area contributed by atoms with Gasteiger partial charge in [-0.05, 0) is 42.5 Å². The van der Waals surface area contributed by atoms with Crippen LogP contribution in [0.3, 0.4) is 0 Å². The molecule has 1 aliphatic carbocycles. The van der Waals surface area contributed by atoms with Crippen LogP contribution in [0.1, 0.15) is 36.3 Å². The number of urea groups is 1. The fraction of sp³-hybridized carbons (Fsp3) is 0.250. The van der Waals surface area contributed by atoms with Crippen LogP contribution in [-0.2, 0) is 4.79 Å². The molecule has 1 saturated carbocycles. The van der Waals surface area contributed by atoms with E-state index in [0.717, 1.165) is 16.6 Å². The lowest BCUT2D eigenvalue weighted by molar-refractivity contribution is -0.146. The molecule has 0 radical (unpaired) electrons. The Hall–Kier alpha value is -3.71. The highest BCUT2D eigenvalue weighted by atomic mass is 32.1. The number of para-hydroxylation sites is 1. The quantitative estimate of drug-likeness (QED) is 0.311. The predicted molar refractivity (Wildman–Crippen MR) is 139 cm³/mol. The van der Waals surface area contributed by atoms with Gasteiger partial charge in [0.05, 0.1) is 16.1 Å². The van der Waals surface area contributed by atoms with Crippen LogP contribution in [0, 0.1) is 5.92 Å². The van der Waals surface area contributed by atoms with Gasteiger partial charge in [0.1, 0.15) is 0 Å². The summed E-state index contributed by atoms with van der Waals surface area (Å²) >= 11 is 1.44. The summed E-state index contributed by atoms with van der Waals surface area (Å²) in [5.74, 6) is -1.05. The molecule has 1 aliphatic rings. The molecule has 0 saturated heterocycles. The highest BCUT2D eigenvalue weighted by Gasteiger charge is 2.40. The highest BCUT2D eigenvalue weighted by Crippen LogP contribution is 2.35. The maximum absolute atomic E-state index is 13.4. The molecule has 0 aliphatic heterocycles. The number of aliphatic carboxylic acids is 1. The van der Waals surface area contributed by atoms with Gasteiger partial charge in [-0.1, -0.05) is 84.1 Å². The average Bonchev–Trinajstić information content (AvgIpc) is 3.25. The summed E-state index contributed by atoms with van der Waals surface area (Å²) in [5, 5.41) is 12.9. The number of carbonyl (C=O) groups is 2. The number of hydrogen-bond donors (Lipinski definition) is 2. The maximum Gasteiger partial charge on any atom is 0.323 e. The van der Waals surface area contributed by atoms with E-state index in [4.69, 9.17) is 0 Å². The summed E-state index contributed by atoms with van der Waals surface area (Å²) in [7, 11) is 0. The van der Waals surface area contributed by atoms with Crippen molar-refractivity contribution in [1.82, 2.24) is 9.88 Å². The molecule has 5 rings (SSSR count). The van der Waals surface area contributed by atoms with Gasteiger partial charge in [-0.15, -0.1) is 0 Å². The number of aromatic nitrogens is 1. The van der Waals surface area contributed by atoms with E-state index in [0.29, 0.717) is 24.5 Å². The molecule has 178 valence electrons. The molecule has 3 aromatic carbocycles. The number of fused-ring (bicyclic) bond motifs is 1. The van der Waals surface area contributed by atoms with E-state index >= 15 is 0 Å². The second-order valence-electron chi connectivity index (χ2n) is 8.93. The van der Waals surface area contributed by atoms with Crippen molar-refractivity contribution >= 4 is 38.7 Å². The Morgan fingerprint density at radius 2 is 1.54 bits per heavy atom. The van der Waals surface area contributed by atoms with Gasteiger partial charge in [-0.3, -0.25) is 10.1 Å². The fourth-order valence-electron chi connectivity index (χ4n) is 4.75. The Bertz CT molecular complexity index is 1230. The Morgan fingerprint density at radius 3 is 2.14 bits per heavy atom. The van der Waals surface area contributed by atoms with Crippen molar-refractivity contribution in [3.8, 4) is 0 Å². The van der Waals surface area contributed by atoms with Crippen molar-refractivity contribution in [2.75, 3.05) is 11.9 Å². The standard InChI is InChI=1S/C28H27N3O3S/c32-26(33)21-17-22(18-21)31(28(34)30-27-29-24-13-7-8-14-25(24)35-27)16-15-23(19-9-3-1-4-10-19)20-11-5-2-6-12-20/h1-14,21-23H,15-18H2,(H,32,33)(H,29,30,34)/t21-,22-. The smallest absolute Gasteiger partial charge is 0.323 e. The van der Waals surface area contributed by atoms with Gasteiger partial charge in [-0.2, -0.15) is 0 Å². The van der Waals surface area contributed by atoms with E-state index in [1.165, 1.54) is 22.5 Å². The minimum Gasteiger partial charge on any atom is -0.481 e. The number of nitrogens with one attached hydrogen (secondary N) is 1. The first-order valence-corrected chi connectivity index (χ1v) is 12.7. The van der Waals surface area contributed by atoms with Crippen molar-refractivity contribution in [2.45, 2.75) is 31.2 Å². The highest BCUT2D eigenvalue weighted by molar-refractivity contribution is 7.22. The van der Waals surface area contributed by atoms with Crippen LogP contribution >= 0.6 is 11.3 Å². The van der Waals surface area contributed by atoms with Crippen LogP contribution in [0.2, 0.25) is 0 Å². The molecule has 1 heterocycles. The molecule has 6 nitrogen and oxygen atoms in total. The summed E-state index contributed by atoms with van der Waals surface area (Å²) in [5.41, 5.74) is 3.24. The number of carboxylic acids is 1.